The molecule has 0 amide bonds. The highest BCUT2D eigenvalue weighted by Gasteiger charge is 2.44. The van der Waals surface area contributed by atoms with Gasteiger partial charge in [-0.15, -0.1) is 0 Å². The summed E-state index contributed by atoms with van der Waals surface area (Å²) in [5.74, 6) is 0. The Bertz CT molecular complexity index is 3110. The van der Waals surface area contributed by atoms with Gasteiger partial charge in [-0.1, -0.05) is 194 Å². The van der Waals surface area contributed by atoms with E-state index < -0.39 is 8.07 Å². The Kier molecular flexibility index (Phi) is 7.87. The van der Waals surface area contributed by atoms with E-state index in [2.05, 4.69) is 240 Å². The zero-order chi connectivity index (χ0) is 37.8. The van der Waals surface area contributed by atoms with Crippen LogP contribution < -0.4 is 20.7 Å². The maximum absolute atomic E-state index is 3.06. The van der Waals surface area contributed by atoms with Crippen molar-refractivity contribution in [2.75, 3.05) is 0 Å². The van der Waals surface area contributed by atoms with E-state index >= 15 is 0 Å². The van der Waals surface area contributed by atoms with Crippen molar-refractivity contribution in [3.63, 3.8) is 0 Å². The first-order valence-electron chi connectivity index (χ1n) is 19.7. The molecule has 0 aliphatic rings. The Morgan fingerprint density at radius 1 is 0.333 bits per heavy atom. The number of para-hydroxylation sites is 4. The summed E-state index contributed by atoms with van der Waals surface area (Å²) in [6, 6.07) is 85.3. The minimum atomic E-state index is -3.06. The van der Waals surface area contributed by atoms with Crippen LogP contribution in [0.2, 0.25) is 0 Å². The molecule has 0 bridgehead atoms. The molecule has 2 heterocycles. The molecule has 0 N–H and O–H groups in total. The molecule has 0 unspecified atom stereocenters. The van der Waals surface area contributed by atoms with Crippen molar-refractivity contribution < 1.29 is 0 Å². The average Bonchev–Trinajstić information content (AvgIpc) is 3.81. The van der Waals surface area contributed by atoms with Crippen LogP contribution >= 0.6 is 0 Å². The molecule has 0 saturated carbocycles. The fourth-order valence-electron chi connectivity index (χ4n) is 9.57. The van der Waals surface area contributed by atoms with Crippen LogP contribution in [0.1, 0.15) is 0 Å². The SMILES string of the molecule is c1ccc(-c2ccccc2-n2c3ccccc3c3c2cc([Si](c2ccccc2)(c2ccccc2)c2ccccc2)c2c4ccccc4n(-c4ccccc4)c23)cc1. The Balaban J connectivity index is 1.45. The van der Waals surface area contributed by atoms with Gasteiger partial charge in [0.1, 0.15) is 0 Å². The van der Waals surface area contributed by atoms with Crippen LogP contribution in [0.15, 0.2) is 231 Å². The summed E-state index contributed by atoms with van der Waals surface area (Å²) in [6.07, 6.45) is 0. The number of benzene rings is 9. The molecule has 2 nitrogen and oxygen atoms in total. The van der Waals surface area contributed by atoms with Crippen LogP contribution in [0.4, 0.5) is 0 Å². The molecule has 0 fully saturated rings. The van der Waals surface area contributed by atoms with Gasteiger partial charge in [0.15, 0.2) is 8.07 Å². The van der Waals surface area contributed by atoms with Crippen molar-refractivity contribution in [3.8, 4) is 22.5 Å². The zero-order valence-corrected chi connectivity index (χ0v) is 32.3. The summed E-state index contributed by atoms with van der Waals surface area (Å²) in [6.45, 7) is 0. The van der Waals surface area contributed by atoms with E-state index in [0.717, 1.165) is 11.4 Å². The van der Waals surface area contributed by atoms with Gasteiger partial charge in [-0.25, -0.2) is 0 Å². The highest BCUT2D eigenvalue weighted by atomic mass is 28.3. The smallest absolute Gasteiger partial charge is 0.180 e. The third kappa shape index (κ3) is 5.03. The minimum Gasteiger partial charge on any atom is -0.309 e. The maximum atomic E-state index is 2.60. The predicted octanol–water partition coefficient (Wildman–Crippen LogP) is 10.9. The highest BCUT2D eigenvalue weighted by Crippen LogP contribution is 2.43. The van der Waals surface area contributed by atoms with Gasteiger partial charge < -0.3 is 9.13 Å². The standard InChI is InChI=1S/C54H38N2Si/c1-6-22-39(23-7-1)44-32-16-19-35-47(44)56-49-37-21-17-33-45(49)52-50(56)38-51(53-46-34-18-20-36-48(46)55(54(52)53)40-24-8-2-9-25-40)57(41-26-10-3-11-27-41,42-28-12-4-13-29-42)43-30-14-5-15-31-43/h1-38H. The Hall–Kier alpha value is -7.20. The van der Waals surface area contributed by atoms with E-state index in [9.17, 15) is 0 Å². The van der Waals surface area contributed by atoms with Crippen LogP contribution in [0.3, 0.4) is 0 Å². The molecule has 11 aromatic rings. The molecule has 0 radical (unpaired) electrons. The quantitative estimate of drug-likeness (QED) is 0.114. The Morgan fingerprint density at radius 3 is 1.35 bits per heavy atom. The first-order valence-corrected chi connectivity index (χ1v) is 21.7. The van der Waals surface area contributed by atoms with Crippen molar-refractivity contribution >= 4 is 72.4 Å². The second-order valence-electron chi connectivity index (χ2n) is 14.8. The second kappa shape index (κ2) is 13.5. The maximum Gasteiger partial charge on any atom is 0.180 e. The van der Waals surface area contributed by atoms with Gasteiger partial charge >= 0.3 is 0 Å². The van der Waals surface area contributed by atoms with Crippen LogP contribution in [-0.4, -0.2) is 17.2 Å². The minimum absolute atomic E-state index is 1.15. The largest absolute Gasteiger partial charge is 0.309 e. The van der Waals surface area contributed by atoms with Gasteiger partial charge in [0.25, 0.3) is 0 Å². The van der Waals surface area contributed by atoms with E-state index in [1.165, 1.54) is 75.5 Å². The third-order valence-corrected chi connectivity index (χ3v) is 16.6. The number of hydrogen-bond acceptors (Lipinski definition) is 0. The van der Waals surface area contributed by atoms with Crippen molar-refractivity contribution in [2.45, 2.75) is 0 Å². The van der Waals surface area contributed by atoms with E-state index in [-0.39, 0.29) is 0 Å². The lowest BCUT2D eigenvalue weighted by atomic mass is 10.0. The summed E-state index contributed by atoms with van der Waals surface area (Å²) in [5.41, 5.74) is 9.52. The van der Waals surface area contributed by atoms with Crippen LogP contribution in [-0.2, 0) is 0 Å². The second-order valence-corrected chi connectivity index (χ2v) is 18.6. The summed E-state index contributed by atoms with van der Waals surface area (Å²) in [5, 5.41) is 10.5. The average molecular weight is 743 g/mol. The van der Waals surface area contributed by atoms with E-state index in [4.69, 9.17) is 0 Å². The number of fused-ring (bicyclic) bond motifs is 7. The lowest BCUT2D eigenvalue weighted by molar-refractivity contribution is 1.18. The number of nitrogens with zero attached hydrogens (tertiary/aromatic N) is 2. The molecule has 0 saturated heterocycles. The Labute approximate surface area is 333 Å². The van der Waals surface area contributed by atoms with Gasteiger partial charge in [-0.05, 0) is 62.7 Å². The molecule has 3 heteroatoms. The number of aromatic nitrogens is 2. The first kappa shape index (κ1) is 33.2. The molecule has 11 rings (SSSR count). The molecule has 9 aromatic carbocycles. The van der Waals surface area contributed by atoms with Crippen LogP contribution in [0.5, 0.6) is 0 Å². The number of rotatable bonds is 7. The van der Waals surface area contributed by atoms with Crippen molar-refractivity contribution in [1.82, 2.24) is 9.13 Å². The molecule has 0 spiro atoms. The summed E-state index contributed by atoms with van der Waals surface area (Å²) < 4.78 is 5.08. The lowest BCUT2D eigenvalue weighted by Crippen LogP contribution is -2.74. The molecular weight excluding hydrogens is 705 g/mol. The van der Waals surface area contributed by atoms with Gasteiger partial charge in [0.2, 0.25) is 0 Å². The van der Waals surface area contributed by atoms with E-state index in [1.807, 2.05) is 0 Å². The molecule has 57 heavy (non-hydrogen) atoms. The zero-order valence-electron chi connectivity index (χ0n) is 31.3. The van der Waals surface area contributed by atoms with Crippen LogP contribution in [0.25, 0.3) is 66.1 Å². The van der Waals surface area contributed by atoms with Crippen molar-refractivity contribution in [2.24, 2.45) is 0 Å². The van der Waals surface area contributed by atoms with Gasteiger partial charge in [0.05, 0.1) is 27.8 Å². The van der Waals surface area contributed by atoms with Gasteiger partial charge in [-0.2, -0.15) is 0 Å². The molecule has 0 aliphatic heterocycles. The molecule has 0 atom stereocenters. The van der Waals surface area contributed by atoms with Gasteiger partial charge in [-0.3, -0.25) is 0 Å². The lowest BCUT2D eigenvalue weighted by Gasteiger charge is -2.35. The topological polar surface area (TPSA) is 9.86 Å². The monoisotopic (exact) mass is 742 g/mol. The van der Waals surface area contributed by atoms with Crippen molar-refractivity contribution in [1.29, 1.82) is 0 Å². The van der Waals surface area contributed by atoms with Crippen LogP contribution in [0, 0.1) is 0 Å². The normalized spacial score (nSPS) is 11.9. The first-order chi connectivity index (χ1) is 28.3. The summed E-state index contributed by atoms with van der Waals surface area (Å²) >= 11 is 0. The summed E-state index contributed by atoms with van der Waals surface area (Å²) in [4.78, 5) is 0. The molecule has 0 aliphatic carbocycles. The van der Waals surface area contributed by atoms with E-state index in [0.29, 0.717) is 0 Å². The van der Waals surface area contributed by atoms with E-state index in [1.54, 1.807) is 0 Å². The third-order valence-electron chi connectivity index (χ3n) is 11.8. The molecule has 268 valence electrons. The molecule has 2 aromatic heterocycles. The Morgan fingerprint density at radius 2 is 0.772 bits per heavy atom. The predicted molar refractivity (Wildman–Crippen MR) is 244 cm³/mol. The van der Waals surface area contributed by atoms with Crippen molar-refractivity contribution in [3.05, 3.63) is 231 Å². The summed E-state index contributed by atoms with van der Waals surface area (Å²) in [7, 11) is -3.06. The molecular formula is C54H38N2Si. The fourth-order valence-corrected chi connectivity index (χ4v) is 14.6. The number of hydrogen-bond donors (Lipinski definition) is 0. The van der Waals surface area contributed by atoms with Gasteiger partial charge in [0, 0.05) is 32.8 Å². The highest BCUT2D eigenvalue weighted by molar-refractivity contribution is 7.21. The fraction of sp³-hybridized carbons (Fsp3) is 0.